The molecule has 0 bridgehead atoms. The number of carboxylic acid groups (broad SMARTS) is 1. The number of aromatic carboxylic acids is 1. The maximum atomic E-state index is 12.0. The molecule has 2 aromatic rings. The number of rotatable bonds is 4. The number of aromatic nitrogens is 1. The normalized spacial score (nSPS) is 12.0. The minimum Gasteiger partial charge on any atom is -0.478 e. The molecule has 2 rings (SSSR count). The zero-order valence-corrected chi connectivity index (χ0v) is 10.3. The Morgan fingerprint density at radius 3 is 2.44 bits per heavy atom. The van der Waals surface area contributed by atoms with E-state index in [0.717, 1.165) is 4.90 Å². The highest BCUT2D eigenvalue weighted by molar-refractivity contribution is 7.84. The maximum Gasteiger partial charge on any atom is 0.337 e. The second-order valence-corrected chi connectivity index (χ2v) is 5.10. The minimum atomic E-state index is -1.16. The third kappa shape index (κ3) is 3.01. The van der Waals surface area contributed by atoms with Crippen LogP contribution in [0.5, 0.6) is 0 Å². The molecule has 0 aliphatic heterocycles. The summed E-state index contributed by atoms with van der Waals surface area (Å²) in [6.45, 7) is 0. The Morgan fingerprint density at radius 1 is 1.17 bits per heavy atom. The number of pyridine rings is 1. The Labute approximate surface area is 107 Å². The fourth-order valence-corrected chi connectivity index (χ4v) is 2.49. The van der Waals surface area contributed by atoms with Crippen LogP contribution >= 0.6 is 0 Å². The summed E-state index contributed by atoms with van der Waals surface area (Å²) in [5.41, 5.74) is 0.742. The number of hydrogen-bond acceptors (Lipinski definition) is 3. The van der Waals surface area contributed by atoms with Gasteiger partial charge in [0.15, 0.2) is 0 Å². The Bertz CT molecular complexity index is 567. The van der Waals surface area contributed by atoms with Crippen molar-refractivity contribution in [1.82, 2.24) is 4.98 Å². The highest BCUT2D eigenvalue weighted by Gasteiger charge is 2.07. The molecule has 1 atom stereocenters. The van der Waals surface area contributed by atoms with Gasteiger partial charge in [0.1, 0.15) is 0 Å². The fraction of sp³-hybridized carbons (Fsp3) is 0.0769. The quantitative estimate of drug-likeness (QED) is 0.915. The Kier molecular flexibility index (Phi) is 3.84. The molecule has 0 aliphatic rings. The first kappa shape index (κ1) is 12.4. The molecule has 0 aliphatic carbocycles. The minimum absolute atomic E-state index is 0.129. The lowest BCUT2D eigenvalue weighted by atomic mass is 10.2. The highest BCUT2D eigenvalue weighted by atomic mass is 32.2. The number of carboxylic acids is 1. The number of benzene rings is 1. The van der Waals surface area contributed by atoms with E-state index in [1.165, 1.54) is 12.3 Å². The SMILES string of the molecule is O=C(O)c1ccc(CS(=O)c2ccccc2)nc1. The number of hydrogen-bond donors (Lipinski definition) is 1. The predicted octanol–water partition coefficient (Wildman–Crippen LogP) is 2.09. The molecule has 4 nitrogen and oxygen atoms in total. The zero-order valence-electron chi connectivity index (χ0n) is 9.45. The van der Waals surface area contributed by atoms with Gasteiger partial charge in [0.25, 0.3) is 0 Å². The van der Waals surface area contributed by atoms with Crippen LogP contribution in [0.3, 0.4) is 0 Å². The van der Waals surface area contributed by atoms with Crippen LogP contribution in [-0.4, -0.2) is 20.3 Å². The van der Waals surface area contributed by atoms with E-state index in [2.05, 4.69) is 4.98 Å². The first-order valence-electron chi connectivity index (χ1n) is 5.28. The van der Waals surface area contributed by atoms with E-state index < -0.39 is 16.8 Å². The van der Waals surface area contributed by atoms with Crippen molar-refractivity contribution < 1.29 is 14.1 Å². The molecule has 0 saturated carbocycles. The van der Waals surface area contributed by atoms with Gasteiger partial charge in [0.05, 0.1) is 27.8 Å². The van der Waals surface area contributed by atoms with Crippen LogP contribution in [-0.2, 0) is 16.6 Å². The van der Waals surface area contributed by atoms with Gasteiger partial charge in [0.2, 0.25) is 0 Å². The average Bonchev–Trinajstić information content (AvgIpc) is 2.40. The lowest BCUT2D eigenvalue weighted by Gasteiger charge is -2.02. The Morgan fingerprint density at radius 2 is 1.89 bits per heavy atom. The molecule has 1 heterocycles. The molecule has 1 aromatic carbocycles. The first-order valence-corrected chi connectivity index (χ1v) is 6.60. The summed E-state index contributed by atoms with van der Waals surface area (Å²) in [6.07, 6.45) is 1.28. The van der Waals surface area contributed by atoms with Gasteiger partial charge in [-0.3, -0.25) is 9.19 Å². The van der Waals surface area contributed by atoms with E-state index in [-0.39, 0.29) is 11.3 Å². The Hall–Kier alpha value is -2.01. The third-order valence-corrected chi connectivity index (χ3v) is 3.71. The summed E-state index contributed by atoms with van der Waals surface area (Å²) in [5, 5.41) is 8.74. The molecule has 0 saturated heterocycles. The second-order valence-electron chi connectivity index (χ2n) is 3.65. The van der Waals surface area contributed by atoms with E-state index in [1.54, 1.807) is 18.2 Å². The van der Waals surface area contributed by atoms with E-state index in [4.69, 9.17) is 5.11 Å². The van der Waals surface area contributed by atoms with E-state index in [1.807, 2.05) is 18.2 Å². The van der Waals surface area contributed by atoms with Crippen molar-refractivity contribution in [3.8, 4) is 0 Å². The standard InChI is InChI=1S/C13H11NO3S/c15-13(16)10-6-7-11(14-8-10)9-18(17)12-4-2-1-3-5-12/h1-8H,9H2,(H,15,16). The summed E-state index contributed by atoms with van der Waals surface area (Å²) < 4.78 is 12.0. The summed E-state index contributed by atoms with van der Waals surface area (Å²) >= 11 is 0. The van der Waals surface area contributed by atoms with Crippen molar-refractivity contribution in [3.63, 3.8) is 0 Å². The van der Waals surface area contributed by atoms with Gasteiger partial charge in [-0.1, -0.05) is 18.2 Å². The molecule has 18 heavy (non-hydrogen) atoms. The zero-order chi connectivity index (χ0) is 13.0. The predicted molar refractivity (Wildman–Crippen MR) is 67.8 cm³/mol. The van der Waals surface area contributed by atoms with Crippen molar-refractivity contribution in [3.05, 3.63) is 59.9 Å². The lowest BCUT2D eigenvalue weighted by molar-refractivity contribution is 0.0696. The summed E-state index contributed by atoms with van der Waals surface area (Å²) in [6, 6.07) is 12.2. The van der Waals surface area contributed by atoms with Crippen molar-refractivity contribution in [2.24, 2.45) is 0 Å². The van der Waals surface area contributed by atoms with Crippen LogP contribution in [0, 0.1) is 0 Å². The van der Waals surface area contributed by atoms with Gasteiger partial charge in [0, 0.05) is 11.1 Å². The van der Waals surface area contributed by atoms with Gasteiger partial charge in [-0.05, 0) is 24.3 Å². The van der Waals surface area contributed by atoms with Gasteiger partial charge in [-0.2, -0.15) is 0 Å². The molecule has 1 unspecified atom stereocenters. The molecule has 0 fully saturated rings. The average molecular weight is 261 g/mol. The number of nitrogens with zero attached hydrogens (tertiary/aromatic N) is 1. The highest BCUT2D eigenvalue weighted by Crippen LogP contribution is 2.11. The molecule has 0 spiro atoms. The Balaban J connectivity index is 2.10. The molecular weight excluding hydrogens is 250 g/mol. The summed E-state index contributed by atoms with van der Waals surface area (Å²) in [5.74, 6) is -0.734. The smallest absolute Gasteiger partial charge is 0.337 e. The van der Waals surface area contributed by atoms with Crippen molar-refractivity contribution in [2.45, 2.75) is 10.6 Å². The van der Waals surface area contributed by atoms with Gasteiger partial charge in [-0.25, -0.2) is 4.79 Å². The van der Waals surface area contributed by atoms with Crippen LogP contribution in [0.1, 0.15) is 16.1 Å². The fourth-order valence-electron chi connectivity index (χ4n) is 1.43. The van der Waals surface area contributed by atoms with Crippen LogP contribution < -0.4 is 0 Å². The van der Waals surface area contributed by atoms with Crippen molar-refractivity contribution in [2.75, 3.05) is 0 Å². The molecular formula is C13H11NO3S. The second kappa shape index (κ2) is 5.55. The topological polar surface area (TPSA) is 67.3 Å². The first-order chi connectivity index (χ1) is 8.66. The monoisotopic (exact) mass is 261 g/mol. The summed E-state index contributed by atoms with van der Waals surface area (Å²) in [7, 11) is -1.16. The molecule has 5 heteroatoms. The molecule has 1 aromatic heterocycles. The lowest BCUT2D eigenvalue weighted by Crippen LogP contribution is -2.01. The van der Waals surface area contributed by atoms with Crippen molar-refractivity contribution >= 4 is 16.8 Å². The van der Waals surface area contributed by atoms with Gasteiger partial charge >= 0.3 is 5.97 Å². The largest absolute Gasteiger partial charge is 0.478 e. The molecule has 1 N–H and O–H groups in total. The van der Waals surface area contributed by atoms with Crippen LogP contribution in [0.15, 0.2) is 53.6 Å². The number of carbonyl (C=O) groups is 1. The van der Waals surface area contributed by atoms with E-state index >= 15 is 0 Å². The molecule has 0 radical (unpaired) electrons. The van der Waals surface area contributed by atoms with Crippen molar-refractivity contribution in [1.29, 1.82) is 0 Å². The van der Waals surface area contributed by atoms with Gasteiger partial charge < -0.3 is 5.11 Å². The van der Waals surface area contributed by atoms with E-state index in [0.29, 0.717) is 5.69 Å². The van der Waals surface area contributed by atoms with E-state index in [9.17, 15) is 9.00 Å². The van der Waals surface area contributed by atoms with Gasteiger partial charge in [-0.15, -0.1) is 0 Å². The van der Waals surface area contributed by atoms with Crippen LogP contribution in [0.2, 0.25) is 0 Å². The third-order valence-electron chi connectivity index (χ3n) is 2.36. The summed E-state index contributed by atoms with van der Waals surface area (Å²) in [4.78, 5) is 15.4. The van der Waals surface area contributed by atoms with Crippen LogP contribution in [0.25, 0.3) is 0 Å². The molecule has 0 amide bonds. The van der Waals surface area contributed by atoms with Crippen LogP contribution in [0.4, 0.5) is 0 Å². The molecule has 92 valence electrons. The maximum absolute atomic E-state index is 12.0.